The van der Waals surface area contributed by atoms with E-state index in [1.807, 2.05) is 6.08 Å². The molecule has 1 aliphatic heterocycles. The molecular formula is C21H34O4. The predicted molar refractivity (Wildman–Crippen MR) is 99.4 cm³/mol. The molecule has 2 fully saturated rings. The topological polar surface area (TPSA) is 66.8 Å². The van der Waals surface area contributed by atoms with E-state index < -0.39 is 5.97 Å². The molecule has 0 spiro atoms. The molecule has 142 valence electrons. The number of hydrogen-bond donors (Lipinski definition) is 2. The number of carbonyl (C=O) groups is 1. The van der Waals surface area contributed by atoms with Crippen LogP contribution in [0.2, 0.25) is 0 Å². The number of aliphatic carboxylic acids is 1. The van der Waals surface area contributed by atoms with Crippen LogP contribution in [0.1, 0.15) is 64.7 Å². The highest BCUT2D eigenvalue weighted by Gasteiger charge is 2.46. The molecule has 25 heavy (non-hydrogen) atoms. The van der Waals surface area contributed by atoms with Crippen LogP contribution in [0.5, 0.6) is 0 Å². The van der Waals surface area contributed by atoms with Gasteiger partial charge in [0.1, 0.15) is 0 Å². The molecule has 2 N–H and O–H groups in total. The van der Waals surface area contributed by atoms with Gasteiger partial charge in [0, 0.05) is 6.42 Å². The largest absolute Gasteiger partial charge is 0.481 e. The summed E-state index contributed by atoms with van der Waals surface area (Å²) >= 11 is 0. The molecule has 1 heterocycles. The number of aliphatic hydroxyl groups is 1. The number of rotatable bonds is 12. The molecule has 1 aliphatic carbocycles. The van der Waals surface area contributed by atoms with E-state index in [-0.39, 0.29) is 12.5 Å². The average molecular weight is 350 g/mol. The molecule has 0 amide bonds. The first-order chi connectivity index (χ1) is 12.1. The van der Waals surface area contributed by atoms with E-state index in [0.29, 0.717) is 30.3 Å². The van der Waals surface area contributed by atoms with Gasteiger partial charge >= 0.3 is 5.97 Å². The van der Waals surface area contributed by atoms with Crippen LogP contribution in [-0.4, -0.2) is 35.0 Å². The Labute approximate surface area is 152 Å². The summed E-state index contributed by atoms with van der Waals surface area (Å²) in [5.41, 5.74) is 0. The highest BCUT2D eigenvalue weighted by Crippen LogP contribution is 2.47. The summed E-state index contributed by atoms with van der Waals surface area (Å²) in [5.74, 6) is 0.865. The van der Waals surface area contributed by atoms with E-state index in [9.17, 15) is 9.90 Å². The minimum atomic E-state index is -0.724. The standard InChI is InChI=1S/C21H34O4/c1-2-3-6-9-17(22)12-13-18-16-14-20(25-15-16)19(18)10-7-4-5-8-11-21(23)24/h4,7,12-13,16-20,22H,2-3,5-6,8-11,14-15H2,1H3,(H,23,24)/b7-4-,13-12+/t16-,17-,18-,19+,20-/m0/s1. The fourth-order valence-electron chi connectivity index (χ4n) is 4.15. The first-order valence-corrected chi connectivity index (χ1v) is 9.96. The van der Waals surface area contributed by atoms with Crippen LogP contribution in [0, 0.1) is 17.8 Å². The van der Waals surface area contributed by atoms with E-state index >= 15 is 0 Å². The maximum Gasteiger partial charge on any atom is 0.303 e. The molecule has 4 nitrogen and oxygen atoms in total. The van der Waals surface area contributed by atoms with Crippen LogP contribution in [0.15, 0.2) is 24.3 Å². The fraction of sp³-hybridized carbons (Fsp3) is 0.762. The van der Waals surface area contributed by atoms with Gasteiger partial charge in [0.25, 0.3) is 0 Å². The number of carboxylic acid groups (broad SMARTS) is 1. The Morgan fingerprint density at radius 1 is 1.28 bits per heavy atom. The van der Waals surface area contributed by atoms with Gasteiger partial charge in [-0.25, -0.2) is 0 Å². The van der Waals surface area contributed by atoms with Crippen molar-refractivity contribution in [2.75, 3.05) is 6.61 Å². The summed E-state index contributed by atoms with van der Waals surface area (Å²) in [6.45, 7) is 3.03. The van der Waals surface area contributed by atoms with Crippen molar-refractivity contribution in [3.8, 4) is 0 Å². The zero-order chi connectivity index (χ0) is 18.1. The Morgan fingerprint density at radius 3 is 2.88 bits per heavy atom. The summed E-state index contributed by atoms with van der Waals surface area (Å²) in [6.07, 6.45) is 16.8. The van der Waals surface area contributed by atoms with Crippen LogP contribution in [-0.2, 0) is 9.53 Å². The number of ether oxygens (including phenoxy) is 1. The van der Waals surface area contributed by atoms with Gasteiger partial charge in [-0.15, -0.1) is 0 Å². The molecular weight excluding hydrogens is 316 g/mol. The minimum absolute atomic E-state index is 0.239. The lowest BCUT2D eigenvalue weighted by Crippen LogP contribution is -2.27. The predicted octanol–water partition coefficient (Wildman–Crippen LogP) is 4.34. The van der Waals surface area contributed by atoms with Crippen molar-refractivity contribution in [1.82, 2.24) is 0 Å². The molecule has 0 unspecified atom stereocenters. The van der Waals surface area contributed by atoms with Crippen molar-refractivity contribution >= 4 is 5.97 Å². The van der Waals surface area contributed by atoms with Crippen molar-refractivity contribution in [3.05, 3.63) is 24.3 Å². The molecule has 1 saturated heterocycles. The Morgan fingerprint density at radius 2 is 2.12 bits per heavy atom. The van der Waals surface area contributed by atoms with E-state index in [0.717, 1.165) is 38.7 Å². The van der Waals surface area contributed by atoms with Gasteiger partial charge in [-0.1, -0.05) is 50.5 Å². The van der Waals surface area contributed by atoms with Crippen LogP contribution < -0.4 is 0 Å². The second kappa shape index (κ2) is 10.8. The summed E-state index contributed by atoms with van der Waals surface area (Å²) in [5, 5.41) is 18.8. The number of unbranched alkanes of at least 4 members (excludes halogenated alkanes) is 3. The molecule has 4 heteroatoms. The van der Waals surface area contributed by atoms with Crippen LogP contribution in [0.3, 0.4) is 0 Å². The van der Waals surface area contributed by atoms with Gasteiger partial charge in [-0.05, 0) is 49.9 Å². The Hall–Kier alpha value is -1.13. The molecule has 2 rings (SSSR count). The molecule has 1 saturated carbocycles. The molecule has 0 aromatic heterocycles. The highest BCUT2D eigenvalue weighted by molar-refractivity contribution is 5.66. The van der Waals surface area contributed by atoms with E-state index in [4.69, 9.17) is 9.84 Å². The van der Waals surface area contributed by atoms with E-state index in [2.05, 4.69) is 25.2 Å². The summed E-state index contributed by atoms with van der Waals surface area (Å²) in [4.78, 5) is 10.5. The zero-order valence-corrected chi connectivity index (χ0v) is 15.5. The van der Waals surface area contributed by atoms with Crippen LogP contribution in [0.25, 0.3) is 0 Å². The van der Waals surface area contributed by atoms with Crippen LogP contribution >= 0.6 is 0 Å². The number of hydrogen-bond acceptors (Lipinski definition) is 3. The number of fused-ring (bicyclic) bond motifs is 2. The van der Waals surface area contributed by atoms with Gasteiger partial charge in [0.2, 0.25) is 0 Å². The third kappa shape index (κ3) is 6.59. The lowest BCUT2D eigenvalue weighted by atomic mass is 9.85. The third-order valence-corrected chi connectivity index (χ3v) is 5.57. The lowest BCUT2D eigenvalue weighted by Gasteiger charge is -2.28. The van der Waals surface area contributed by atoms with Crippen LogP contribution in [0.4, 0.5) is 0 Å². The summed E-state index contributed by atoms with van der Waals surface area (Å²) < 4.78 is 5.88. The molecule has 2 bridgehead atoms. The lowest BCUT2D eigenvalue weighted by molar-refractivity contribution is -0.137. The molecule has 0 radical (unpaired) electrons. The van der Waals surface area contributed by atoms with E-state index in [1.54, 1.807) is 0 Å². The monoisotopic (exact) mass is 350 g/mol. The zero-order valence-electron chi connectivity index (χ0n) is 15.5. The quantitative estimate of drug-likeness (QED) is 0.406. The van der Waals surface area contributed by atoms with Gasteiger partial charge in [-0.3, -0.25) is 4.79 Å². The van der Waals surface area contributed by atoms with Crippen molar-refractivity contribution < 1.29 is 19.7 Å². The van der Waals surface area contributed by atoms with E-state index in [1.165, 1.54) is 12.8 Å². The number of aliphatic hydroxyl groups excluding tert-OH is 1. The first-order valence-electron chi connectivity index (χ1n) is 9.96. The summed E-state index contributed by atoms with van der Waals surface area (Å²) in [7, 11) is 0. The van der Waals surface area contributed by atoms with Crippen molar-refractivity contribution in [2.45, 2.75) is 76.9 Å². The molecule has 5 atom stereocenters. The highest BCUT2D eigenvalue weighted by atomic mass is 16.5. The smallest absolute Gasteiger partial charge is 0.303 e. The second-order valence-electron chi connectivity index (χ2n) is 7.55. The normalized spacial score (nSPS) is 29.8. The fourth-order valence-corrected chi connectivity index (χ4v) is 4.15. The number of carboxylic acids is 1. The maximum atomic E-state index is 10.5. The third-order valence-electron chi connectivity index (χ3n) is 5.57. The molecule has 0 aromatic carbocycles. The van der Waals surface area contributed by atoms with Crippen molar-refractivity contribution in [2.24, 2.45) is 17.8 Å². The minimum Gasteiger partial charge on any atom is -0.481 e. The SMILES string of the molecule is CCCCC[C@H](O)/C=C/[C@H]1[C@@H]2CO[C@@H](C2)[C@@H]1C/C=C\CCCC(=O)O. The summed E-state index contributed by atoms with van der Waals surface area (Å²) in [6, 6.07) is 0. The number of allylic oxidation sites excluding steroid dienone is 3. The molecule has 2 aliphatic rings. The Kier molecular flexibility index (Phi) is 8.70. The van der Waals surface area contributed by atoms with Crippen molar-refractivity contribution in [3.63, 3.8) is 0 Å². The van der Waals surface area contributed by atoms with Gasteiger partial charge < -0.3 is 14.9 Å². The van der Waals surface area contributed by atoms with Gasteiger partial charge in [0.15, 0.2) is 0 Å². The average Bonchev–Trinajstić information content (AvgIpc) is 3.17. The molecule has 0 aromatic rings. The Bertz CT molecular complexity index is 457. The van der Waals surface area contributed by atoms with Gasteiger partial charge in [-0.2, -0.15) is 0 Å². The Balaban J connectivity index is 1.78. The van der Waals surface area contributed by atoms with Crippen molar-refractivity contribution in [1.29, 1.82) is 0 Å². The second-order valence-corrected chi connectivity index (χ2v) is 7.55. The van der Waals surface area contributed by atoms with Gasteiger partial charge in [0.05, 0.1) is 18.8 Å². The maximum absolute atomic E-state index is 10.5. The first kappa shape index (κ1) is 20.2.